The topological polar surface area (TPSA) is 64.9 Å². The summed E-state index contributed by atoms with van der Waals surface area (Å²) >= 11 is 3.08. The number of nitrogens with two attached hydrogens (primary N) is 1. The molecule has 0 saturated heterocycles. The van der Waals surface area contributed by atoms with E-state index in [2.05, 4.69) is 26.1 Å². The molecule has 1 aromatic heterocycles. The second-order valence-electron chi connectivity index (χ2n) is 2.49. The quantitative estimate of drug-likeness (QED) is 0.775. The number of nitrogen functional groups attached to an aromatic ring is 1. The number of hydrogen-bond acceptors (Lipinski definition) is 4. The molecular formula is C8H6BrN3O. The third kappa shape index (κ3) is 1.70. The van der Waals surface area contributed by atoms with E-state index < -0.39 is 0 Å². The van der Waals surface area contributed by atoms with Gasteiger partial charge in [0.1, 0.15) is 0 Å². The molecule has 0 bridgehead atoms. The molecule has 2 rings (SSSR count). The molecule has 2 aromatic rings. The maximum absolute atomic E-state index is 5.60. The van der Waals surface area contributed by atoms with Gasteiger partial charge in [-0.3, -0.25) is 0 Å². The van der Waals surface area contributed by atoms with Gasteiger partial charge in [0.2, 0.25) is 5.89 Å². The van der Waals surface area contributed by atoms with E-state index in [1.807, 2.05) is 12.1 Å². The molecule has 1 heterocycles. The van der Waals surface area contributed by atoms with Gasteiger partial charge >= 0.3 is 0 Å². The smallest absolute Gasteiger partial charge is 0.285 e. The average molecular weight is 240 g/mol. The highest BCUT2D eigenvalue weighted by Crippen LogP contribution is 2.21. The van der Waals surface area contributed by atoms with Crippen LogP contribution in [0, 0.1) is 0 Å². The van der Waals surface area contributed by atoms with Crippen molar-refractivity contribution in [2.45, 2.75) is 0 Å². The lowest BCUT2D eigenvalue weighted by molar-refractivity contribution is 0.540. The van der Waals surface area contributed by atoms with Crippen LogP contribution in [0.15, 0.2) is 33.5 Å². The van der Waals surface area contributed by atoms with Gasteiger partial charge in [-0.05, 0) is 18.2 Å². The van der Waals surface area contributed by atoms with E-state index in [4.69, 9.17) is 10.2 Å². The van der Waals surface area contributed by atoms with E-state index in [-0.39, 0.29) is 0 Å². The lowest BCUT2D eigenvalue weighted by Gasteiger charge is -1.95. The summed E-state index contributed by atoms with van der Waals surface area (Å²) in [5.41, 5.74) is 7.09. The Morgan fingerprint density at radius 1 is 1.31 bits per heavy atom. The Balaban J connectivity index is 2.46. The fourth-order valence-corrected chi connectivity index (χ4v) is 1.23. The summed E-state index contributed by atoms with van der Waals surface area (Å²) in [5.74, 6) is 0.458. The zero-order valence-electron chi connectivity index (χ0n) is 6.57. The molecule has 0 aliphatic rings. The largest absolute Gasteiger partial charge is 0.411 e. The highest BCUT2D eigenvalue weighted by atomic mass is 79.9. The van der Waals surface area contributed by atoms with Gasteiger partial charge in [0.15, 0.2) is 0 Å². The third-order valence-electron chi connectivity index (χ3n) is 1.53. The lowest BCUT2D eigenvalue weighted by Crippen LogP contribution is -1.84. The maximum Gasteiger partial charge on any atom is 0.285 e. The minimum atomic E-state index is 0.366. The van der Waals surface area contributed by atoms with Gasteiger partial charge in [-0.15, -0.1) is 10.2 Å². The molecule has 0 aliphatic heterocycles. The first-order valence-electron chi connectivity index (χ1n) is 3.60. The molecular weight excluding hydrogens is 234 g/mol. The van der Waals surface area contributed by atoms with Crippen molar-refractivity contribution in [1.82, 2.24) is 10.2 Å². The van der Waals surface area contributed by atoms with Crippen molar-refractivity contribution in [2.75, 3.05) is 5.73 Å². The van der Waals surface area contributed by atoms with Crippen LogP contribution >= 0.6 is 15.9 Å². The Labute approximate surface area is 82.9 Å². The van der Waals surface area contributed by atoms with Crippen molar-refractivity contribution in [1.29, 1.82) is 0 Å². The summed E-state index contributed by atoms with van der Waals surface area (Å²) in [6.07, 6.45) is 0. The number of halogens is 1. The zero-order valence-corrected chi connectivity index (χ0v) is 8.15. The molecule has 66 valence electrons. The van der Waals surface area contributed by atoms with Crippen LogP contribution in [0.5, 0.6) is 0 Å². The Hall–Kier alpha value is -1.36. The number of benzene rings is 1. The number of aromatic nitrogens is 2. The van der Waals surface area contributed by atoms with Gasteiger partial charge in [-0.1, -0.05) is 6.07 Å². The van der Waals surface area contributed by atoms with E-state index in [1.165, 1.54) is 0 Å². The molecule has 4 nitrogen and oxygen atoms in total. The molecule has 13 heavy (non-hydrogen) atoms. The van der Waals surface area contributed by atoms with Crippen molar-refractivity contribution in [3.63, 3.8) is 0 Å². The van der Waals surface area contributed by atoms with Crippen molar-refractivity contribution in [3.8, 4) is 11.5 Å². The minimum Gasteiger partial charge on any atom is -0.411 e. The zero-order chi connectivity index (χ0) is 9.26. The van der Waals surface area contributed by atoms with E-state index in [9.17, 15) is 0 Å². The number of hydrogen-bond donors (Lipinski definition) is 1. The Morgan fingerprint density at radius 3 is 2.77 bits per heavy atom. The molecule has 0 amide bonds. The monoisotopic (exact) mass is 239 g/mol. The molecule has 0 saturated carbocycles. The van der Waals surface area contributed by atoms with Gasteiger partial charge in [0, 0.05) is 27.2 Å². The number of rotatable bonds is 1. The van der Waals surface area contributed by atoms with E-state index >= 15 is 0 Å². The van der Waals surface area contributed by atoms with Gasteiger partial charge in [-0.25, -0.2) is 0 Å². The first-order valence-corrected chi connectivity index (χ1v) is 4.40. The Kier molecular flexibility index (Phi) is 2.02. The third-order valence-corrected chi connectivity index (χ3v) is 1.85. The van der Waals surface area contributed by atoms with E-state index in [0.29, 0.717) is 16.4 Å². The van der Waals surface area contributed by atoms with Crippen LogP contribution in [0.1, 0.15) is 0 Å². The van der Waals surface area contributed by atoms with Crippen molar-refractivity contribution in [3.05, 3.63) is 29.1 Å². The molecule has 0 unspecified atom stereocenters. The van der Waals surface area contributed by atoms with Gasteiger partial charge < -0.3 is 10.2 Å². The Morgan fingerprint density at radius 2 is 2.15 bits per heavy atom. The first-order chi connectivity index (χ1) is 6.25. The minimum absolute atomic E-state index is 0.366. The maximum atomic E-state index is 5.60. The molecule has 0 radical (unpaired) electrons. The van der Waals surface area contributed by atoms with Crippen LogP contribution in [-0.4, -0.2) is 10.2 Å². The molecule has 0 spiro atoms. The fourth-order valence-electron chi connectivity index (χ4n) is 0.994. The fraction of sp³-hybridized carbons (Fsp3) is 0. The summed E-state index contributed by atoms with van der Waals surface area (Å²) in [6, 6.07) is 7.27. The second-order valence-corrected chi connectivity index (χ2v) is 3.16. The van der Waals surface area contributed by atoms with Gasteiger partial charge in [-0.2, -0.15) is 0 Å². The molecule has 1 aromatic carbocycles. The standard InChI is InChI=1S/C8H6BrN3O/c9-8-12-11-7(13-8)5-2-1-3-6(10)4-5/h1-4H,10H2. The van der Waals surface area contributed by atoms with Crippen LogP contribution < -0.4 is 5.73 Å². The van der Waals surface area contributed by atoms with Crippen molar-refractivity contribution in [2.24, 2.45) is 0 Å². The van der Waals surface area contributed by atoms with Gasteiger partial charge in [0.05, 0.1) is 0 Å². The SMILES string of the molecule is Nc1cccc(-c2nnc(Br)o2)c1. The average Bonchev–Trinajstić information content (AvgIpc) is 2.52. The van der Waals surface area contributed by atoms with E-state index in [0.717, 1.165) is 5.56 Å². The summed E-state index contributed by atoms with van der Waals surface area (Å²) in [6.45, 7) is 0. The molecule has 0 aliphatic carbocycles. The van der Waals surface area contributed by atoms with Crippen molar-refractivity contribution < 1.29 is 4.42 Å². The normalized spacial score (nSPS) is 10.2. The van der Waals surface area contributed by atoms with Crippen LogP contribution in [0.25, 0.3) is 11.5 Å². The number of anilines is 1. The molecule has 0 atom stereocenters. The highest BCUT2D eigenvalue weighted by molar-refractivity contribution is 9.10. The predicted octanol–water partition coefficient (Wildman–Crippen LogP) is 2.08. The summed E-state index contributed by atoms with van der Waals surface area (Å²) in [4.78, 5) is 0.366. The lowest BCUT2D eigenvalue weighted by atomic mass is 10.2. The van der Waals surface area contributed by atoms with Crippen LogP contribution in [0.4, 0.5) is 5.69 Å². The number of nitrogens with zero attached hydrogens (tertiary/aromatic N) is 2. The molecule has 2 N–H and O–H groups in total. The van der Waals surface area contributed by atoms with E-state index in [1.54, 1.807) is 12.1 Å². The molecule has 5 heteroatoms. The first kappa shape index (κ1) is 8.25. The van der Waals surface area contributed by atoms with Crippen molar-refractivity contribution >= 4 is 21.6 Å². The summed E-state index contributed by atoms with van der Waals surface area (Å²) < 4.78 is 5.16. The van der Waals surface area contributed by atoms with Crippen LogP contribution in [0.3, 0.4) is 0 Å². The van der Waals surface area contributed by atoms with Gasteiger partial charge in [0.25, 0.3) is 4.80 Å². The summed E-state index contributed by atoms with van der Waals surface area (Å²) in [7, 11) is 0. The second kappa shape index (κ2) is 3.18. The van der Waals surface area contributed by atoms with Crippen LogP contribution in [-0.2, 0) is 0 Å². The predicted molar refractivity (Wildman–Crippen MR) is 51.8 cm³/mol. The highest BCUT2D eigenvalue weighted by Gasteiger charge is 2.05. The molecule has 0 fully saturated rings. The van der Waals surface area contributed by atoms with Crippen LogP contribution in [0.2, 0.25) is 0 Å². The Bertz CT molecular complexity index is 427. The summed E-state index contributed by atoms with van der Waals surface area (Å²) in [5, 5.41) is 7.49.